The van der Waals surface area contributed by atoms with Crippen LogP contribution in [0.25, 0.3) is 11.3 Å². The summed E-state index contributed by atoms with van der Waals surface area (Å²) in [7, 11) is 0. The summed E-state index contributed by atoms with van der Waals surface area (Å²) in [5.74, 6) is 0.310. The van der Waals surface area contributed by atoms with E-state index >= 15 is 0 Å². The molecule has 1 aliphatic rings. The number of carbonyl (C=O) groups excluding carboxylic acids is 1. The number of carbonyl (C=O) groups is 1. The Kier molecular flexibility index (Phi) is 9.15. The van der Waals surface area contributed by atoms with Gasteiger partial charge in [-0.1, -0.05) is 35.0 Å². The van der Waals surface area contributed by atoms with Crippen LogP contribution in [0.15, 0.2) is 77.7 Å². The molecule has 1 amide bonds. The van der Waals surface area contributed by atoms with Crippen LogP contribution >= 0.6 is 15.9 Å². The van der Waals surface area contributed by atoms with Crippen molar-refractivity contribution in [3.63, 3.8) is 0 Å². The molecule has 0 bridgehead atoms. The van der Waals surface area contributed by atoms with Crippen molar-refractivity contribution in [2.24, 2.45) is 0 Å². The first-order chi connectivity index (χ1) is 19.5. The van der Waals surface area contributed by atoms with E-state index in [1.54, 1.807) is 18.6 Å². The Labute approximate surface area is 244 Å². The van der Waals surface area contributed by atoms with Crippen molar-refractivity contribution in [1.29, 1.82) is 0 Å². The number of piperazine rings is 1. The average Bonchev–Trinajstić information content (AvgIpc) is 2.97. The summed E-state index contributed by atoms with van der Waals surface area (Å²) >= 11 is 3.70. The smallest absolute Gasteiger partial charge is 0.255 e. The molecule has 9 heteroatoms. The molecule has 8 nitrogen and oxygen atoms in total. The molecule has 0 saturated carbocycles. The van der Waals surface area contributed by atoms with Gasteiger partial charge in [0.2, 0.25) is 5.95 Å². The molecule has 0 aliphatic carbocycles. The van der Waals surface area contributed by atoms with Gasteiger partial charge in [0.15, 0.2) is 0 Å². The lowest BCUT2D eigenvalue weighted by Crippen LogP contribution is -2.46. The molecule has 2 aromatic heterocycles. The summed E-state index contributed by atoms with van der Waals surface area (Å²) in [4.78, 5) is 31.3. The van der Waals surface area contributed by atoms with Gasteiger partial charge >= 0.3 is 0 Å². The molecule has 1 fully saturated rings. The average molecular weight is 601 g/mol. The van der Waals surface area contributed by atoms with Crippen molar-refractivity contribution in [2.45, 2.75) is 26.8 Å². The Hall–Kier alpha value is -3.66. The molecule has 0 unspecified atom stereocenters. The highest BCUT2D eigenvalue weighted by Gasteiger charge is 2.18. The highest BCUT2D eigenvalue weighted by atomic mass is 79.9. The third kappa shape index (κ3) is 7.10. The van der Waals surface area contributed by atoms with Crippen LogP contribution in [-0.2, 0) is 6.54 Å². The number of benzene rings is 2. The molecule has 2 aromatic carbocycles. The zero-order chi connectivity index (χ0) is 27.9. The van der Waals surface area contributed by atoms with Crippen molar-refractivity contribution >= 4 is 39.2 Å². The van der Waals surface area contributed by atoms with Crippen LogP contribution in [0.2, 0.25) is 0 Å². The Morgan fingerprint density at radius 2 is 1.82 bits per heavy atom. The number of hydrogen-bond donors (Lipinski definition) is 2. The minimum atomic E-state index is -0.162. The normalized spacial score (nSPS) is 14.2. The maximum Gasteiger partial charge on any atom is 0.255 e. The fourth-order valence-corrected chi connectivity index (χ4v) is 5.30. The second kappa shape index (κ2) is 13.1. The molecule has 0 spiro atoms. The van der Waals surface area contributed by atoms with Gasteiger partial charge in [0.25, 0.3) is 5.91 Å². The van der Waals surface area contributed by atoms with Crippen LogP contribution < -0.4 is 10.6 Å². The quantitative estimate of drug-likeness (QED) is 0.239. The van der Waals surface area contributed by atoms with Gasteiger partial charge in [-0.05, 0) is 73.5 Å². The molecule has 206 valence electrons. The van der Waals surface area contributed by atoms with E-state index in [1.807, 2.05) is 61.5 Å². The fraction of sp³-hybridized carbons (Fsp3) is 0.290. The number of pyridine rings is 1. The number of halogens is 1. The maximum atomic E-state index is 13.1. The van der Waals surface area contributed by atoms with Gasteiger partial charge in [0.05, 0.1) is 5.69 Å². The number of nitrogens with one attached hydrogen (secondary N) is 2. The van der Waals surface area contributed by atoms with Crippen LogP contribution in [0.4, 0.5) is 17.3 Å². The third-order valence-corrected chi connectivity index (χ3v) is 7.81. The number of aromatic nitrogens is 3. The predicted molar refractivity (Wildman–Crippen MR) is 164 cm³/mol. The van der Waals surface area contributed by atoms with E-state index in [4.69, 9.17) is 0 Å². The highest BCUT2D eigenvalue weighted by molar-refractivity contribution is 9.10. The van der Waals surface area contributed by atoms with Gasteiger partial charge in [-0.25, -0.2) is 9.97 Å². The summed E-state index contributed by atoms with van der Waals surface area (Å²) in [6.07, 6.45) is 6.42. The number of amides is 1. The molecule has 1 aliphatic heterocycles. The Morgan fingerprint density at radius 1 is 1.00 bits per heavy atom. The summed E-state index contributed by atoms with van der Waals surface area (Å²) in [5, 5.41) is 6.32. The number of rotatable bonds is 9. The van der Waals surface area contributed by atoms with E-state index in [0.717, 1.165) is 59.7 Å². The highest BCUT2D eigenvalue weighted by Crippen LogP contribution is 2.26. The summed E-state index contributed by atoms with van der Waals surface area (Å²) in [6.45, 7) is 10.6. The SMILES string of the molecule is CCCN1CCN(Cc2ccc(C(=O)Nc3ccc(C)c(Nc4nccc(-c5cccnc5)n4)c3)cc2Br)CC1. The van der Waals surface area contributed by atoms with Gasteiger partial charge in [-0.2, -0.15) is 0 Å². The standard InChI is InChI=1S/C31H34BrN7O/c1-3-13-38-14-16-39(17-15-38)21-25-8-7-23(18-27(25)32)30(40)35-26-9-6-22(2)29(19-26)37-31-34-12-10-28(36-31)24-5-4-11-33-20-24/h4-12,18-20H,3,13-17,21H2,1-2H3,(H,35,40)(H,34,36,37). The van der Waals surface area contributed by atoms with Gasteiger partial charge in [-0.15, -0.1) is 0 Å². The van der Waals surface area contributed by atoms with Crippen molar-refractivity contribution in [1.82, 2.24) is 24.8 Å². The van der Waals surface area contributed by atoms with E-state index in [2.05, 4.69) is 58.2 Å². The fourth-order valence-electron chi connectivity index (χ4n) is 4.80. The summed E-state index contributed by atoms with van der Waals surface area (Å²) in [6, 6.07) is 17.3. The first-order valence-electron chi connectivity index (χ1n) is 13.6. The molecule has 0 radical (unpaired) electrons. The van der Waals surface area contributed by atoms with Crippen molar-refractivity contribution < 1.29 is 4.79 Å². The molecular formula is C31H34BrN7O. The minimum absolute atomic E-state index is 0.162. The number of hydrogen-bond acceptors (Lipinski definition) is 7. The number of anilines is 3. The zero-order valence-electron chi connectivity index (χ0n) is 22.9. The van der Waals surface area contributed by atoms with Crippen molar-refractivity contribution in [3.05, 3.63) is 94.4 Å². The molecular weight excluding hydrogens is 566 g/mol. The Morgan fingerprint density at radius 3 is 2.58 bits per heavy atom. The van der Waals surface area contributed by atoms with Crippen LogP contribution in [0.1, 0.15) is 34.8 Å². The lowest BCUT2D eigenvalue weighted by atomic mass is 10.1. The molecule has 2 N–H and O–H groups in total. The number of nitrogens with zero attached hydrogens (tertiary/aromatic N) is 5. The van der Waals surface area contributed by atoms with Gasteiger partial charge in [0, 0.05) is 78.3 Å². The van der Waals surface area contributed by atoms with Crippen LogP contribution in [0, 0.1) is 6.92 Å². The molecule has 1 saturated heterocycles. The summed E-state index contributed by atoms with van der Waals surface area (Å²) in [5.41, 5.74) is 6.00. The monoisotopic (exact) mass is 599 g/mol. The van der Waals surface area contributed by atoms with Crippen LogP contribution in [0.3, 0.4) is 0 Å². The second-order valence-electron chi connectivity index (χ2n) is 10.0. The Balaban J connectivity index is 1.23. The predicted octanol–water partition coefficient (Wildman–Crippen LogP) is 6.13. The third-order valence-electron chi connectivity index (χ3n) is 7.07. The molecule has 3 heterocycles. The first-order valence-corrected chi connectivity index (χ1v) is 14.4. The van der Waals surface area contributed by atoms with Crippen molar-refractivity contribution in [2.75, 3.05) is 43.4 Å². The number of aryl methyl sites for hydroxylation is 1. The molecule has 5 rings (SSSR count). The van der Waals surface area contributed by atoms with Gasteiger partial charge in [-0.3, -0.25) is 14.7 Å². The van der Waals surface area contributed by atoms with E-state index < -0.39 is 0 Å². The lowest BCUT2D eigenvalue weighted by Gasteiger charge is -2.34. The van der Waals surface area contributed by atoms with E-state index in [-0.39, 0.29) is 5.91 Å². The van der Waals surface area contributed by atoms with Crippen LogP contribution in [0.5, 0.6) is 0 Å². The second-order valence-corrected chi connectivity index (χ2v) is 10.9. The topological polar surface area (TPSA) is 86.3 Å². The maximum absolute atomic E-state index is 13.1. The van der Waals surface area contributed by atoms with Crippen LogP contribution in [-0.4, -0.2) is 63.4 Å². The Bertz CT molecular complexity index is 1460. The van der Waals surface area contributed by atoms with Gasteiger partial charge in [0.1, 0.15) is 0 Å². The van der Waals surface area contributed by atoms with Gasteiger partial charge < -0.3 is 15.5 Å². The van der Waals surface area contributed by atoms with E-state index in [0.29, 0.717) is 17.2 Å². The lowest BCUT2D eigenvalue weighted by molar-refractivity contribution is 0.102. The van der Waals surface area contributed by atoms with E-state index in [9.17, 15) is 4.79 Å². The van der Waals surface area contributed by atoms with E-state index in [1.165, 1.54) is 18.5 Å². The summed E-state index contributed by atoms with van der Waals surface area (Å²) < 4.78 is 0.952. The molecule has 40 heavy (non-hydrogen) atoms. The molecule has 0 atom stereocenters. The van der Waals surface area contributed by atoms with Crippen molar-refractivity contribution in [3.8, 4) is 11.3 Å². The largest absolute Gasteiger partial charge is 0.324 e. The minimum Gasteiger partial charge on any atom is -0.324 e. The first kappa shape index (κ1) is 27.9. The zero-order valence-corrected chi connectivity index (χ0v) is 24.5. The molecule has 4 aromatic rings.